The average molecular weight is 363 g/mol. The molecule has 0 spiro atoms. The van der Waals surface area contributed by atoms with Crippen LogP contribution in [0, 0.1) is 17.8 Å². The van der Waals surface area contributed by atoms with Gasteiger partial charge in [0.05, 0.1) is 0 Å². The van der Waals surface area contributed by atoms with Gasteiger partial charge in [-0.1, -0.05) is 60.7 Å². The highest BCUT2D eigenvalue weighted by Crippen LogP contribution is 2.35. The summed E-state index contributed by atoms with van der Waals surface area (Å²) in [7, 11) is 0. The summed E-state index contributed by atoms with van der Waals surface area (Å²) in [6.07, 6.45) is 7.93. The number of hydrogen-bond acceptors (Lipinski definition) is 0. The maximum absolute atomic E-state index is 5.99. The van der Waals surface area contributed by atoms with Crippen molar-refractivity contribution < 1.29 is 0 Å². The lowest BCUT2D eigenvalue weighted by atomic mass is 9.79. The third-order valence-electron chi connectivity index (χ3n) is 5.55. The van der Waals surface area contributed by atoms with Crippen LogP contribution >= 0.6 is 11.6 Å². The smallest absolute Gasteiger partial charge is 0.0406 e. The largest absolute Gasteiger partial charge is 0.102 e. The van der Waals surface area contributed by atoms with Gasteiger partial charge in [0.1, 0.15) is 0 Å². The molecule has 1 heteroatoms. The second kappa shape index (κ2) is 9.11. The van der Waals surface area contributed by atoms with Gasteiger partial charge in [-0.05, 0) is 73.4 Å². The SMILES string of the molecule is C=CC(CC)c1ccc(C#CC2CCC(c3ccc(Cl)cc3)CC2)cc1. The van der Waals surface area contributed by atoms with Crippen molar-refractivity contribution in [3.63, 3.8) is 0 Å². The van der Waals surface area contributed by atoms with Gasteiger partial charge >= 0.3 is 0 Å². The Morgan fingerprint density at radius 1 is 1.04 bits per heavy atom. The standard InChI is InChI=1S/C25H27Cl/c1-3-21(4-2)22-11-7-19(8-12-22)5-6-20-9-13-23(14-10-20)24-15-17-25(26)18-16-24/h3,7-8,11-12,15-18,20-21,23H,1,4,9-10,13-14H2,2H3. The van der Waals surface area contributed by atoms with Crippen LogP contribution < -0.4 is 0 Å². The van der Waals surface area contributed by atoms with E-state index in [9.17, 15) is 0 Å². The lowest BCUT2D eigenvalue weighted by molar-refractivity contribution is 0.384. The second-order valence-corrected chi connectivity index (χ2v) is 7.68. The molecule has 0 heterocycles. The van der Waals surface area contributed by atoms with Crippen LogP contribution in [0.15, 0.2) is 61.2 Å². The van der Waals surface area contributed by atoms with Gasteiger partial charge in [0.2, 0.25) is 0 Å². The summed E-state index contributed by atoms with van der Waals surface area (Å²) in [5.74, 6) is 8.52. The minimum Gasteiger partial charge on any atom is -0.102 e. The molecule has 0 nitrogen and oxygen atoms in total. The molecule has 1 saturated carbocycles. The predicted octanol–water partition coefficient (Wildman–Crippen LogP) is 7.35. The molecule has 1 fully saturated rings. The fraction of sp³-hybridized carbons (Fsp3) is 0.360. The van der Waals surface area contributed by atoms with Crippen molar-refractivity contribution in [2.24, 2.45) is 5.92 Å². The van der Waals surface area contributed by atoms with E-state index in [1.165, 1.54) is 36.8 Å². The third kappa shape index (κ3) is 4.80. The van der Waals surface area contributed by atoms with Crippen molar-refractivity contribution in [1.29, 1.82) is 0 Å². The van der Waals surface area contributed by atoms with Crippen molar-refractivity contribution in [3.05, 3.63) is 82.9 Å². The molecule has 0 saturated heterocycles. The van der Waals surface area contributed by atoms with Crippen LogP contribution in [0.2, 0.25) is 5.02 Å². The van der Waals surface area contributed by atoms with E-state index in [1.54, 1.807) is 0 Å². The molecular weight excluding hydrogens is 336 g/mol. The van der Waals surface area contributed by atoms with E-state index < -0.39 is 0 Å². The molecule has 0 radical (unpaired) electrons. The molecule has 3 rings (SSSR count). The Morgan fingerprint density at radius 3 is 2.27 bits per heavy atom. The lowest BCUT2D eigenvalue weighted by Crippen LogP contribution is -2.12. The second-order valence-electron chi connectivity index (χ2n) is 7.24. The topological polar surface area (TPSA) is 0 Å². The maximum atomic E-state index is 5.99. The van der Waals surface area contributed by atoms with Gasteiger partial charge in [-0.15, -0.1) is 6.58 Å². The molecule has 26 heavy (non-hydrogen) atoms. The van der Waals surface area contributed by atoms with Crippen molar-refractivity contribution in [1.82, 2.24) is 0 Å². The highest BCUT2D eigenvalue weighted by atomic mass is 35.5. The van der Waals surface area contributed by atoms with E-state index in [2.05, 4.69) is 61.7 Å². The van der Waals surface area contributed by atoms with Crippen molar-refractivity contribution in [2.75, 3.05) is 0 Å². The summed E-state index contributed by atoms with van der Waals surface area (Å²) in [6, 6.07) is 17.0. The Balaban J connectivity index is 1.56. The summed E-state index contributed by atoms with van der Waals surface area (Å²) >= 11 is 5.99. The summed E-state index contributed by atoms with van der Waals surface area (Å²) in [5.41, 5.74) is 3.87. The summed E-state index contributed by atoms with van der Waals surface area (Å²) in [6.45, 7) is 6.12. The van der Waals surface area contributed by atoms with Gasteiger partial charge < -0.3 is 0 Å². The quantitative estimate of drug-likeness (QED) is 0.394. The van der Waals surface area contributed by atoms with E-state index in [-0.39, 0.29) is 0 Å². The molecule has 0 amide bonds. The normalized spacial score (nSPS) is 20.7. The van der Waals surface area contributed by atoms with Gasteiger partial charge in [0, 0.05) is 22.4 Å². The Hall–Kier alpha value is -1.97. The van der Waals surface area contributed by atoms with Gasteiger partial charge in [-0.2, -0.15) is 0 Å². The zero-order chi connectivity index (χ0) is 18.4. The van der Waals surface area contributed by atoms with Crippen LogP contribution in [0.1, 0.15) is 67.6 Å². The molecule has 0 N–H and O–H groups in total. The van der Waals surface area contributed by atoms with Crippen LogP contribution in [0.5, 0.6) is 0 Å². The van der Waals surface area contributed by atoms with Gasteiger partial charge in [-0.25, -0.2) is 0 Å². The summed E-state index contributed by atoms with van der Waals surface area (Å²) in [4.78, 5) is 0. The summed E-state index contributed by atoms with van der Waals surface area (Å²) < 4.78 is 0. The molecule has 1 unspecified atom stereocenters. The first-order chi connectivity index (χ1) is 12.7. The summed E-state index contributed by atoms with van der Waals surface area (Å²) in [5, 5.41) is 0.817. The predicted molar refractivity (Wildman–Crippen MR) is 113 cm³/mol. The number of hydrogen-bond donors (Lipinski definition) is 0. The Labute approximate surface area is 163 Å². The Kier molecular flexibility index (Phi) is 6.59. The van der Waals surface area contributed by atoms with E-state index in [1.807, 2.05) is 18.2 Å². The van der Waals surface area contributed by atoms with Crippen molar-refractivity contribution in [2.45, 2.75) is 50.9 Å². The first-order valence-electron chi connectivity index (χ1n) is 9.69. The third-order valence-corrected chi connectivity index (χ3v) is 5.80. The van der Waals surface area contributed by atoms with E-state index in [4.69, 9.17) is 11.6 Å². The average Bonchev–Trinajstić information content (AvgIpc) is 2.69. The number of halogens is 1. The van der Waals surface area contributed by atoms with Gasteiger partial charge in [0.15, 0.2) is 0 Å². The van der Waals surface area contributed by atoms with E-state index in [0.29, 0.717) is 17.8 Å². The zero-order valence-corrected chi connectivity index (χ0v) is 16.3. The Morgan fingerprint density at radius 2 is 1.69 bits per heavy atom. The molecule has 0 bridgehead atoms. The lowest BCUT2D eigenvalue weighted by Gasteiger charge is -2.26. The first-order valence-corrected chi connectivity index (χ1v) is 10.1. The number of rotatable bonds is 4. The van der Waals surface area contributed by atoms with Gasteiger partial charge in [-0.3, -0.25) is 0 Å². The zero-order valence-electron chi connectivity index (χ0n) is 15.5. The van der Waals surface area contributed by atoms with Gasteiger partial charge in [0.25, 0.3) is 0 Å². The minimum absolute atomic E-state index is 0.445. The van der Waals surface area contributed by atoms with Crippen LogP contribution in [-0.2, 0) is 0 Å². The molecule has 2 aromatic rings. The van der Waals surface area contributed by atoms with Crippen LogP contribution in [0.4, 0.5) is 0 Å². The van der Waals surface area contributed by atoms with Crippen LogP contribution in [0.3, 0.4) is 0 Å². The van der Waals surface area contributed by atoms with E-state index in [0.717, 1.165) is 17.0 Å². The molecule has 0 aliphatic heterocycles. The molecule has 1 atom stereocenters. The minimum atomic E-state index is 0.445. The molecule has 134 valence electrons. The molecule has 2 aromatic carbocycles. The Bertz CT molecular complexity index is 766. The highest BCUT2D eigenvalue weighted by molar-refractivity contribution is 6.30. The molecule has 1 aliphatic carbocycles. The van der Waals surface area contributed by atoms with Crippen LogP contribution in [0.25, 0.3) is 0 Å². The maximum Gasteiger partial charge on any atom is 0.0406 e. The number of benzene rings is 2. The molecule has 0 aromatic heterocycles. The monoisotopic (exact) mass is 362 g/mol. The van der Waals surface area contributed by atoms with Crippen molar-refractivity contribution in [3.8, 4) is 11.8 Å². The van der Waals surface area contributed by atoms with E-state index >= 15 is 0 Å². The van der Waals surface area contributed by atoms with Crippen molar-refractivity contribution >= 4 is 11.6 Å². The first kappa shape index (κ1) is 18.8. The van der Waals surface area contributed by atoms with Crippen LogP contribution in [-0.4, -0.2) is 0 Å². The highest BCUT2D eigenvalue weighted by Gasteiger charge is 2.21. The fourth-order valence-electron chi connectivity index (χ4n) is 3.84. The molecule has 1 aliphatic rings. The fourth-order valence-corrected chi connectivity index (χ4v) is 3.97. The molecular formula is C25H27Cl. The number of allylic oxidation sites excluding steroid dienone is 1.